The van der Waals surface area contributed by atoms with Gasteiger partial charge in [0.05, 0.1) is 12.8 Å². The molecule has 0 bridgehead atoms. The van der Waals surface area contributed by atoms with Crippen molar-refractivity contribution in [3.05, 3.63) is 18.2 Å². The number of methoxy groups -OCH3 is 1. The Morgan fingerprint density at radius 1 is 1.28 bits per heavy atom. The Balaban J connectivity index is 2.04. The van der Waals surface area contributed by atoms with E-state index in [1.807, 2.05) is 18.2 Å². The van der Waals surface area contributed by atoms with Crippen molar-refractivity contribution >= 4 is 17.3 Å². The Labute approximate surface area is 107 Å². The molecule has 0 radical (unpaired) electrons. The molecule has 1 aliphatic heterocycles. The summed E-state index contributed by atoms with van der Waals surface area (Å²) in [5.41, 5.74) is 1.69. The summed E-state index contributed by atoms with van der Waals surface area (Å²) < 4.78 is 5.31. The number of anilines is 2. The number of amides is 1. The average Bonchev–Trinajstić information content (AvgIpc) is 2.72. The van der Waals surface area contributed by atoms with Crippen molar-refractivity contribution in [3.8, 4) is 5.75 Å². The van der Waals surface area contributed by atoms with E-state index in [0.717, 1.165) is 24.2 Å². The van der Waals surface area contributed by atoms with Crippen molar-refractivity contribution in [2.75, 3.05) is 17.7 Å². The smallest absolute Gasteiger partial charge is 0.226 e. The number of benzene rings is 1. The molecular weight excluding hydrogens is 228 g/mol. The van der Waals surface area contributed by atoms with Crippen LogP contribution in [0.25, 0.3) is 0 Å². The van der Waals surface area contributed by atoms with E-state index in [0.29, 0.717) is 12.2 Å². The molecule has 1 aromatic rings. The van der Waals surface area contributed by atoms with E-state index in [1.54, 1.807) is 7.11 Å². The van der Waals surface area contributed by atoms with Gasteiger partial charge in [-0.2, -0.15) is 0 Å². The van der Waals surface area contributed by atoms with Gasteiger partial charge in [-0.3, -0.25) is 4.79 Å². The number of nitrogens with one attached hydrogen (secondary N) is 2. The van der Waals surface area contributed by atoms with Gasteiger partial charge in [-0.1, -0.05) is 18.9 Å². The van der Waals surface area contributed by atoms with Gasteiger partial charge in [0.15, 0.2) is 0 Å². The number of hydrogen-bond acceptors (Lipinski definition) is 3. The van der Waals surface area contributed by atoms with Crippen molar-refractivity contribution in [2.24, 2.45) is 0 Å². The number of fused-ring (bicyclic) bond motifs is 1. The Hall–Kier alpha value is -1.71. The third kappa shape index (κ3) is 1.82. The first kappa shape index (κ1) is 11.4. The minimum atomic E-state index is -0.0539. The van der Waals surface area contributed by atoms with Gasteiger partial charge in [-0.25, -0.2) is 0 Å². The highest BCUT2D eigenvalue weighted by Gasteiger charge is 2.38. The number of rotatable bonds is 1. The molecule has 1 aliphatic carbocycles. The van der Waals surface area contributed by atoms with Crippen LogP contribution in [-0.2, 0) is 4.79 Å². The first-order valence-electron chi connectivity index (χ1n) is 6.47. The molecule has 1 amide bonds. The predicted molar refractivity (Wildman–Crippen MR) is 71.1 cm³/mol. The van der Waals surface area contributed by atoms with E-state index in [-0.39, 0.29) is 11.4 Å². The molecular formula is C14H18N2O2. The molecule has 1 heterocycles. The van der Waals surface area contributed by atoms with E-state index < -0.39 is 0 Å². The van der Waals surface area contributed by atoms with Gasteiger partial charge in [-0.15, -0.1) is 0 Å². The standard InChI is InChI=1S/C14H18N2O2/c1-18-11-6-4-5-10-13(11)15-12(17)9-14(16-10)7-2-3-8-14/h4-6,16H,2-3,7-9H2,1H3,(H,15,17). The monoisotopic (exact) mass is 246 g/mol. The molecule has 96 valence electrons. The molecule has 3 rings (SSSR count). The Morgan fingerprint density at radius 3 is 2.78 bits per heavy atom. The lowest BCUT2D eigenvalue weighted by Crippen LogP contribution is -2.36. The highest BCUT2D eigenvalue weighted by Crippen LogP contribution is 2.42. The van der Waals surface area contributed by atoms with Crippen LogP contribution in [0.1, 0.15) is 32.1 Å². The zero-order chi connectivity index (χ0) is 12.6. The summed E-state index contributed by atoms with van der Waals surface area (Å²) in [6.45, 7) is 0. The molecule has 0 saturated heterocycles. The van der Waals surface area contributed by atoms with Gasteiger partial charge in [-0.05, 0) is 25.0 Å². The first-order valence-corrected chi connectivity index (χ1v) is 6.47. The van der Waals surface area contributed by atoms with E-state index in [1.165, 1.54) is 12.8 Å². The summed E-state index contributed by atoms with van der Waals surface area (Å²) in [6, 6.07) is 5.82. The number of carbonyl (C=O) groups is 1. The number of hydrogen-bond donors (Lipinski definition) is 2. The molecule has 0 atom stereocenters. The minimum absolute atomic E-state index is 0.0539. The predicted octanol–water partition coefficient (Wildman–Crippen LogP) is 2.76. The van der Waals surface area contributed by atoms with Gasteiger partial charge >= 0.3 is 0 Å². The molecule has 1 aromatic carbocycles. The van der Waals surface area contributed by atoms with Gasteiger partial charge in [0.1, 0.15) is 11.4 Å². The second-order valence-electron chi connectivity index (χ2n) is 5.22. The number of para-hydroxylation sites is 1. The van der Waals surface area contributed by atoms with Crippen molar-refractivity contribution in [3.63, 3.8) is 0 Å². The van der Waals surface area contributed by atoms with Crippen molar-refractivity contribution in [1.82, 2.24) is 0 Å². The number of ether oxygens (including phenoxy) is 1. The second-order valence-corrected chi connectivity index (χ2v) is 5.22. The van der Waals surface area contributed by atoms with Crippen LogP contribution in [0, 0.1) is 0 Å². The highest BCUT2D eigenvalue weighted by atomic mass is 16.5. The van der Waals surface area contributed by atoms with Crippen LogP contribution in [0.15, 0.2) is 18.2 Å². The molecule has 4 nitrogen and oxygen atoms in total. The summed E-state index contributed by atoms with van der Waals surface area (Å²) in [5, 5.41) is 6.54. The molecule has 2 N–H and O–H groups in total. The molecule has 0 aromatic heterocycles. The fourth-order valence-corrected chi connectivity index (χ4v) is 3.11. The van der Waals surface area contributed by atoms with E-state index >= 15 is 0 Å². The van der Waals surface area contributed by atoms with E-state index in [9.17, 15) is 4.79 Å². The normalized spacial score (nSPS) is 20.8. The topological polar surface area (TPSA) is 50.4 Å². The van der Waals surface area contributed by atoms with Crippen LogP contribution in [0.5, 0.6) is 5.75 Å². The zero-order valence-corrected chi connectivity index (χ0v) is 10.6. The maximum Gasteiger partial charge on any atom is 0.226 e. The maximum absolute atomic E-state index is 12.1. The van der Waals surface area contributed by atoms with Crippen molar-refractivity contribution in [1.29, 1.82) is 0 Å². The third-order valence-electron chi connectivity index (χ3n) is 3.97. The van der Waals surface area contributed by atoms with E-state index in [2.05, 4.69) is 10.6 Å². The van der Waals surface area contributed by atoms with Crippen LogP contribution in [-0.4, -0.2) is 18.6 Å². The molecule has 4 heteroatoms. The van der Waals surface area contributed by atoms with Crippen LogP contribution in [0.3, 0.4) is 0 Å². The largest absolute Gasteiger partial charge is 0.494 e. The molecule has 2 aliphatic rings. The highest BCUT2D eigenvalue weighted by molar-refractivity contribution is 5.99. The van der Waals surface area contributed by atoms with Crippen molar-refractivity contribution in [2.45, 2.75) is 37.6 Å². The molecule has 1 spiro atoms. The van der Waals surface area contributed by atoms with Gasteiger partial charge in [0.25, 0.3) is 0 Å². The maximum atomic E-state index is 12.1. The quantitative estimate of drug-likeness (QED) is 0.801. The lowest BCUT2D eigenvalue weighted by atomic mass is 9.93. The van der Waals surface area contributed by atoms with Crippen LogP contribution >= 0.6 is 0 Å². The molecule has 18 heavy (non-hydrogen) atoms. The minimum Gasteiger partial charge on any atom is -0.494 e. The summed E-state index contributed by atoms with van der Waals surface area (Å²) >= 11 is 0. The van der Waals surface area contributed by atoms with Crippen molar-refractivity contribution < 1.29 is 9.53 Å². The lowest BCUT2D eigenvalue weighted by Gasteiger charge is -2.28. The Bertz CT molecular complexity index is 479. The van der Waals surface area contributed by atoms with Crippen LogP contribution in [0.4, 0.5) is 11.4 Å². The zero-order valence-electron chi connectivity index (χ0n) is 10.6. The molecule has 1 saturated carbocycles. The summed E-state index contributed by atoms with van der Waals surface area (Å²) in [7, 11) is 1.62. The average molecular weight is 246 g/mol. The number of carbonyl (C=O) groups excluding carboxylic acids is 1. The van der Waals surface area contributed by atoms with Gasteiger partial charge in [0.2, 0.25) is 5.91 Å². The lowest BCUT2D eigenvalue weighted by molar-refractivity contribution is -0.117. The Kier molecular flexibility index (Phi) is 2.65. The fraction of sp³-hybridized carbons (Fsp3) is 0.500. The SMILES string of the molecule is COc1cccc2c1NC(=O)CC1(CCCC1)N2. The van der Waals surface area contributed by atoms with Crippen LogP contribution in [0.2, 0.25) is 0 Å². The third-order valence-corrected chi connectivity index (χ3v) is 3.97. The summed E-state index contributed by atoms with van der Waals surface area (Å²) in [6.07, 6.45) is 5.07. The first-order chi connectivity index (χ1) is 8.72. The molecule has 1 fully saturated rings. The van der Waals surface area contributed by atoms with Gasteiger partial charge < -0.3 is 15.4 Å². The second kappa shape index (κ2) is 4.19. The van der Waals surface area contributed by atoms with Gasteiger partial charge in [0, 0.05) is 12.0 Å². The van der Waals surface area contributed by atoms with Crippen LogP contribution < -0.4 is 15.4 Å². The Morgan fingerprint density at radius 2 is 2.06 bits per heavy atom. The van der Waals surface area contributed by atoms with E-state index in [4.69, 9.17) is 4.74 Å². The summed E-state index contributed by atoms with van der Waals surface area (Å²) in [4.78, 5) is 12.1. The summed E-state index contributed by atoms with van der Waals surface area (Å²) in [5.74, 6) is 0.788. The fourth-order valence-electron chi connectivity index (χ4n) is 3.11. The molecule has 0 unspecified atom stereocenters.